The van der Waals surface area contributed by atoms with Crippen molar-refractivity contribution in [3.05, 3.63) is 41.9 Å². The van der Waals surface area contributed by atoms with Crippen molar-refractivity contribution in [1.82, 2.24) is 9.97 Å². The molecule has 0 saturated carbocycles. The van der Waals surface area contributed by atoms with Gasteiger partial charge >= 0.3 is 0 Å². The minimum atomic E-state index is -0.707. The maximum absolute atomic E-state index is 13.7. The molecule has 2 rings (SSSR count). The molecule has 1 heterocycles. The Bertz CT molecular complexity index is 655. The number of hydrogen-bond donors (Lipinski definition) is 1. The first-order valence-corrected chi connectivity index (χ1v) is 5.16. The SMILES string of the molecule is COc1cc(F)c(Nc2cc(C#N)ncn2)cc1F. The lowest BCUT2D eigenvalue weighted by atomic mass is 10.2. The lowest BCUT2D eigenvalue weighted by Crippen LogP contribution is -2.00. The Hall–Kier alpha value is -2.75. The average Bonchev–Trinajstić information content (AvgIpc) is 2.42. The predicted octanol–water partition coefficient (Wildman–Crippen LogP) is 2.38. The fraction of sp³-hybridized carbons (Fsp3) is 0.0833. The lowest BCUT2D eigenvalue weighted by molar-refractivity contribution is 0.383. The van der Waals surface area contributed by atoms with Crippen LogP contribution in [0.4, 0.5) is 20.3 Å². The molecule has 1 aromatic heterocycles. The quantitative estimate of drug-likeness (QED) is 0.919. The van der Waals surface area contributed by atoms with E-state index in [9.17, 15) is 8.78 Å². The highest BCUT2D eigenvalue weighted by Crippen LogP contribution is 2.26. The van der Waals surface area contributed by atoms with E-state index in [1.807, 2.05) is 6.07 Å². The van der Waals surface area contributed by atoms with Crippen LogP contribution in [-0.4, -0.2) is 17.1 Å². The summed E-state index contributed by atoms with van der Waals surface area (Å²) in [6.07, 6.45) is 1.15. The van der Waals surface area contributed by atoms with E-state index < -0.39 is 11.6 Å². The molecule has 1 aromatic carbocycles. The summed E-state index contributed by atoms with van der Waals surface area (Å²) in [6, 6.07) is 5.01. The monoisotopic (exact) mass is 262 g/mol. The standard InChI is InChI=1S/C12H8F2N4O/c1-19-11-4-8(13)10(3-9(11)14)18-12-2-7(5-15)16-6-17-12/h2-4,6H,1H3,(H,16,17,18). The average molecular weight is 262 g/mol. The van der Waals surface area contributed by atoms with Crippen LogP contribution in [0, 0.1) is 23.0 Å². The normalized spacial score (nSPS) is 9.79. The Morgan fingerprint density at radius 1 is 1.21 bits per heavy atom. The topological polar surface area (TPSA) is 70.8 Å². The summed E-state index contributed by atoms with van der Waals surface area (Å²) in [5, 5.41) is 11.2. The van der Waals surface area contributed by atoms with Gasteiger partial charge in [-0.1, -0.05) is 0 Å². The molecule has 0 spiro atoms. The second-order valence-corrected chi connectivity index (χ2v) is 3.49. The highest BCUT2D eigenvalue weighted by atomic mass is 19.1. The summed E-state index contributed by atoms with van der Waals surface area (Å²) in [5.74, 6) is -1.41. The van der Waals surface area contributed by atoms with E-state index in [0.29, 0.717) is 0 Å². The molecule has 0 radical (unpaired) electrons. The molecular weight excluding hydrogens is 254 g/mol. The molecule has 0 aliphatic carbocycles. The third kappa shape index (κ3) is 2.74. The Morgan fingerprint density at radius 3 is 2.68 bits per heavy atom. The number of nitriles is 1. The first kappa shape index (κ1) is 12.7. The number of nitrogens with zero attached hydrogens (tertiary/aromatic N) is 3. The van der Waals surface area contributed by atoms with Gasteiger partial charge in [-0.25, -0.2) is 18.7 Å². The molecule has 0 unspecified atom stereocenters. The first-order chi connectivity index (χ1) is 9.13. The second-order valence-electron chi connectivity index (χ2n) is 3.49. The highest BCUT2D eigenvalue weighted by molar-refractivity contribution is 5.59. The predicted molar refractivity (Wildman–Crippen MR) is 62.9 cm³/mol. The zero-order valence-electron chi connectivity index (χ0n) is 9.82. The molecule has 96 valence electrons. The van der Waals surface area contributed by atoms with Crippen LogP contribution >= 0.6 is 0 Å². The van der Waals surface area contributed by atoms with Gasteiger partial charge in [-0.15, -0.1) is 0 Å². The van der Waals surface area contributed by atoms with Crippen LogP contribution in [0.5, 0.6) is 5.75 Å². The Balaban J connectivity index is 2.33. The molecule has 19 heavy (non-hydrogen) atoms. The molecule has 0 fully saturated rings. The third-order valence-electron chi connectivity index (χ3n) is 2.29. The maximum atomic E-state index is 13.7. The number of nitrogens with one attached hydrogen (secondary N) is 1. The first-order valence-electron chi connectivity index (χ1n) is 5.16. The number of hydrogen-bond acceptors (Lipinski definition) is 5. The Kier molecular flexibility index (Phi) is 3.52. The molecule has 5 nitrogen and oxygen atoms in total. The number of methoxy groups -OCH3 is 1. The van der Waals surface area contributed by atoms with Crippen LogP contribution in [0.2, 0.25) is 0 Å². The van der Waals surface area contributed by atoms with Crippen molar-refractivity contribution in [1.29, 1.82) is 5.26 Å². The van der Waals surface area contributed by atoms with Crippen LogP contribution in [0.15, 0.2) is 24.5 Å². The second kappa shape index (κ2) is 5.27. The van der Waals surface area contributed by atoms with Gasteiger partial charge < -0.3 is 10.1 Å². The Morgan fingerprint density at radius 2 is 2.00 bits per heavy atom. The number of benzene rings is 1. The minimum Gasteiger partial charge on any atom is -0.494 e. The summed E-state index contributed by atoms with van der Waals surface area (Å²) in [5.41, 5.74) is 0.00721. The van der Waals surface area contributed by atoms with Crippen molar-refractivity contribution in [2.75, 3.05) is 12.4 Å². The number of ether oxygens (including phenoxy) is 1. The molecule has 7 heteroatoms. The zero-order valence-corrected chi connectivity index (χ0v) is 9.82. The van der Waals surface area contributed by atoms with Crippen molar-refractivity contribution in [2.45, 2.75) is 0 Å². The maximum Gasteiger partial charge on any atom is 0.167 e. The molecule has 0 saturated heterocycles. The Labute approximate surface area is 107 Å². The van der Waals surface area contributed by atoms with Crippen molar-refractivity contribution in [3.8, 4) is 11.8 Å². The van der Waals surface area contributed by atoms with E-state index >= 15 is 0 Å². The molecular formula is C12H8F2N4O. The molecule has 2 aromatic rings. The van der Waals surface area contributed by atoms with Crippen LogP contribution in [0.3, 0.4) is 0 Å². The van der Waals surface area contributed by atoms with E-state index in [-0.39, 0.29) is 22.9 Å². The van der Waals surface area contributed by atoms with Gasteiger partial charge in [0, 0.05) is 18.2 Å². The summed E-state index contributed by atoms with van der Waals surface area (Å²) in [4.78, 5) is 7.47. The zero-order chi connectivity index (χ0) is 13.8. The number of halogens is 2. The van der Waals surface area contributed by atoms with Crippen LogP contribution in [-0.2, 0) is 0 Å². The van der Waals surface area contributed by atoms with E-state index in [4.69, 9.17) is 5.26 Å². The van der Waals surface area contributed by atoms with E-state index in [0.717, 1.165) is 18.5 Å². The van der Waals surface area contributed by atoms with Crippen molar-refractivity contribution in [3.63, 3.8) is 0 Å². The van der Waals surface area contributed by atoms with Gasteiger partial charge in [0.1, 0.15) is 23.9 Å². The van der Waals surface area contributed by atoms with Gasteiger partial charge in [-0.05, 0) is 0 Å². The van der Waals surface area contributed by atoms with Gasteiger partial charge in [0.25, 0.3) is 0 Å². The molecule has 0 aliphatic heterocycles. The van der Waals surface area contributed by atoms with Gasteiger partial charge in [0.15, 0.2) is 17.4 Å². The van der Waals surface area contributed by atoms with Gasteiger partial charge in [-0.3, -0.25) is 0 Å². The van der Waals surface area contributed by atoms with Crippen molar-refractivity contribution < 1.29 is 13.5 Å². The molecule has 0 amide bonds. The largest absolute Gasteiger partial charge is 0.494 e. The molecule has 0 aliphatic rings. The van der Waals surface area contributed by atoms with Crippen molar-refractivity contribution in [2.24, 2.45) is 0 Å². The number of rotatable bonds is 3. The summed E-state index contributed by atoms with van der Waals surface area (Å²) in [7, 11) is 1.24. The smallest absolute Gasteiger partial charge is 0.167 e. The van der Waals surface area contributed by atoms with E-state index in [1.165, 1.54) is 13.2 Å². The van der Waals surface area contributed by atoms with Gasteiger partial charge in [0.2, 0.25) is 0 Å². The number of aromatic nitrogens is 2. The fourth-order valence-electron chi connectivity index (χ4n) is 1.41. The van der Waals surface area contributed by atoms with Crippen LogP contribution in [0.25, 0.3) is 0 Å². The third-order valence-corrected chi connectivity index (χ3v) is 2.29. The summed E-state index contributed by atoms with van der Waals surface area (Å²) < 4.78 is 31.8. The molecule has 0 bridgehead atoms. The lowest BCUT2D eigenvalue weighted by Gasteiger charge is -2.09. The minimum absolute atomic E-state index is 0.110. The highest BCUT2D eigenvalue weighted by Gasteiger charge is 2.11. The molecule has 0 atom stereocenters. The van der Waals surface area contributed by atoms with Gasteiger partial charge in [0.05, 0.1) is 12.8 Å². The van der Waals surface area contributed by atoms with E-state index in [1.54, 1.807) is 0 Å². The fourth-order valence-corrected chi connectivity index (χ4v) is 1.41. The molecule has 1 N–H and O–H groups in total. The summed E-state index contributed by atoms with van der Waals surface area (Å²) in [6.45, 7) is 0. The van der Waals surface area contributed by atoms with Gasteiger partial charge in [-0.2, -0.15) is 5.26 Å². The van der Waals surface area contributed by atoms with Crippen LogP contribution in [0.1, 0.15) is 5.69 Å². The van der Waals surface area contributed by atoms with E-state index in [2.05, 4.69) is 20.0 Å². The van der Waals surface area contributed by atoms with Crippen LogP contribution < -0.4 is 10.1 Å². The number of anilines is 2. The summed E-state index contributed by atoms with van der Waals surface area (Å²) >= 11 is 0. The van der Waals surface area contributed by atoms with Crippen molar-refractivity contribution >= 4 is 11.5 Å².